The highest BCUT2D eigenvalue weighted by atomic mass is 35.5. The summed E-state index contributed by atoms with van der Waals surface area (Å²) in [6.07, 6.45) is 4.48. The molecule has 140 valence electrons. The summed E-state index contributed by atoms with van der Waals surface area (Å²) in [4.78, 5) is 32.5. The smallest absolute Gasteiger partial charge is 0.313 e. The molecule has 8 atom stereocenters. The Labute approximate surface area is 162 Å². The quantitative estimate of drug-likeness (QED) is 0.749. The Hall–Kier alpha value is -1.62. The van der Waals surface area contributed by atoms with Crippen molar-refractivity contribution in [3.05, 3.63) is 23.4 Å². The fourth-order valence-electron chi connectivity index (χ4n) is 8.39. The molecule has 1 aromatic heterocycles. The SMILES string of the molecule is O=C1C2C3CC4C2C2(C(=O)OC5CCN(c6ccc(Cl)cn6)CC5)C1C3C42. The fourth-order valence-corrected chi connectivity index (χ4v) is 8.50. The van der Waals surface area contributed by atoms with Crippen LogP contribution in [0.1, 0.15) is 19.3 Å². The van der Waals surface area contributed by atoms with Crippen LogP contribution in [0.5, 0.6) is 0 Å². The summed E-state index contributed by atoms with van der Waals surface area (Å²) in [7, 11) is 0. The average Bonchev–Trinajstić information content (AvgIpc) is 3.18. The molecule has 6 saturated carbocycles. The number of carbonyl (C=O) groups excluding carboxylic acids is 2. The summed E-state index contributed by atoms with van der Waals surface area (Å²) in [6, 6.07) is 3.79. The first-order chi connectivity index (χ1) is 13.1. The van der Waals surface area contributed by atoms with Gasteiger partial charge in [-0.15, -0.1) is 0 Å². The van der Waals surface area contributed by atoms with Crippen LogP contribution in [0.15, 0.2) is 18.3 Å². The summed E-state index contributed by atoms with van der Waals surface area (Å²) in [5.74, 6) is 4.14. The number of ether oxygens (including phenoxy) is 1. The lowest BCUT2D eigenvalue weighted by Gasteiger charge is -2.69. The highest BCUT2D eigenvalue weighted by Gasteiger charge is 2.96. The average molecular weight is 385 g/mol. The zero-order valence-corrected chi connectivity index (χ0v) is 15.6. The van der Waals surface area contributed by atoms with Gasteiger partial charge in [-0.25, -0.2) is 4.98 Å². The van der Waals surface area contributed by atoms with Crippen LogP contribution in [0.3, 0.4) is 0 Å². The van der Waals surface area contributed by atoms with Crippen LogP contribution in [0.4, 0.5) is 5.82 Å². The number of anilines is 1. The summed E-state index contributed by atoms with van der Waals surface area (Å²) in [6.45, 7) is 1.65. The van der Waals surface area contributed by atoms with E-state index in [0.717, 1.165) is 31.7 Å². The highest BCUT2D eigenvalue weighted by Crippen LogP contribution is 2.92. The van der Waals surface area contributed by atoms with Crippen molar-refractivity contribution in [2.75, 3.05) is 18.0 Å². The van der Waals surface area contributed by atoms with Gasteiger partial charge in [0.1, 0.15) is 17.7 Å². The maximum absolute atomic E-state index is 13.2. The number of carbonyl (C=O) groups is 2. The van der Waals surface area contributed by atoms with Crippen molar-refractivity contribution in [3.8, 4) is 0 Å². The van der Waals surface area contributed by atoms with Gasteiger partial charge in [-0.3, -0.25) is 9.59 Å². The Morgan fingerprint density at radius 1 is 1.22 bits per heavy atom. The molecule has 2 heterocycles. The van der Waals surface area contributed by atoms with Gasteiger partial charge in [-0.05, 0) is 48.1 Å². The zero-order valence-electron chi connectivity index (χ0n) is 14.9. The van der Waals surface area contributed by atoms with Gasteiger partial charge in [0.25, 0.3) is 0 Å². The van der Waals surface area contributed by atoms with Crippen molar-refractivity contribution >= 4 is 29.2 Å². The summed E-state index contributed by atoms with van der Waals surface area (Å²) in [5.41, 5.74) is -0.390. The molecule has 4 bridgehead atoms. The van der Waals surface area contributed by atoms with Crippen molar-refractivity contribution < 1.29 is 14.3 Å². The second kappa shape index (κ2) is 4.68. The maximum atomic E-state index is 13.2. The first kappa shape index (κ1) is 15.3. The van der Waals surface area contributed by atoms with Crippen LogP contribution in [-0.2, 0) is 14.3 Å². The van der Waals surface area contributed by atoms with E-state index in [1.54, 1.807) is 6.20 Å². The Morgan fingerprint density at radius 2 is 2.04 bits per heavy atom. The minimum atomic E-state index is -0.390. The third kappa shape index (κ3) is 1.49. The van der Waals surface area contributed by atoms with Gasteiger partial charge >= 0.3 is 5.97 Å². The van der Waals surface area contributed by atoms with Gasteiger partial charge in [0.05, 0.1) is 10.4 Å². The van der Waals surface area contributed by atoms with E-state index in [2.05, 4.69) is 9.88 Å². The lowest BCUT2D eigenvalue weighted by atomic mass is 9.32. The molecule has 6 heteroatoms. The second-order valence-electron chi connectivity index (χ2n) is 9.46. The summed E-state index contributed by atoms with van der Waals surface area (Å²) >= 11 is 5.91. The number of piperidine rings is 1. The minimum Gasteiger partial charge on any atom is -0.462 e. The van der Waals surface area contributed by atoms with Crippen LogP contribution in [0, 0.1) is 46.8 Å². The standard InChI is InChI=1S/C21H21ClN2O3/c22-9-1-2-13(23-8-9)24-5-3-10(4-6-24)27-20(26)21-16-12-7-11-14(16)18(21)19(25)15(11)17(12)21/h1-2,8,10-12,14-18H,3-7H2. The van der Waals surface area contributed by atoms with Gasteiger partial charge < -0.3 is 9.64 Å². The van der Waals surface area contributed by atoms with Crippen LogP contribution >= 0.6 is 11.6 Å². The molecule has 0 spiro atoms. The molecule has 0 radical (unpaired) electrons. The number of Topliss-reactive ketones (excluding diaryl/α,β-unsaturated/α-hetero) is 1. The molecule has 1 aromatic rings. The van der Waals surface area contributed by atoms with E-state index in [0.29, 0.717) is 40.4 Å². The fraction of sp³-hybridized carbons (Fsp3) is 0.667. The topological polar surface area (TPSA) is 59.5 Å². The maximum Gasteiger partial charge on any atom is 0.313 e. The van der Waals surface area contributed by atoms with E-state index in [1.165, 1.54) is 6.42 Å². The van der Waals surface area contributed by atoms with Gasteiger partial charge in [-0.2, -0.15) is 0 Å². The number of aromatic nitrogens is 1. The van der Waals surface area contributed by atoms with Crippen LogP contribution in [0.25, 0.3) is 0 Å². The lowest BCUT2D eigenvalue weighted by Crippen LogP contribution is -2.74. The van der Waals surface area contributed by atoms with Crippen molar-refractivity contribution in [3.63, 3.8) is 0 Å². The lowest BCUT2D eigenvalue weighted by molar-refractivity contribution is -0.267. The van der Waals surface area contributed by atoms with E-state index in [4.69, 9.17) is 16.3 Å². The monoisotopic (exact) mass is 384 g/mol. The Kier molecular flexibility index (Phi) is 2.65. The number of rotatable bonds is 3. The first-order valence-electron chi connectivity index (χ1n) is 10.2. The Bertz CT molecular complexity index is 880. The molecule has 1 aliphatic heterocycles. The number of ketones is 1. The molecule has 0 aromatic carbocycles. The Balaban J connectivity index is 1.04. The van der Waals surface area contributed by atoms with E-state index < -0.39 is 0 Å². The molecule has 7 aliphatic rings. The molecule has 7 fully saturated rings. The number of nitrogens with zero attached hydrogens (tertiary/aromatic N) is 2. The van der Waals surface area contributed by atoms with Crippen molar-refractivity contribution in [1.29, 1.82) is 0 Å². The van der Waals surface area contributed by atoms with Gasteiger partial charge in [0, 0.05) is 44.0 Å². The first-order valence-corrected chi connectivity index (χ1v) is 10.6. The third-order valence-electron chi connectivity index (χ3n) is 8.97. The summed E-state index contributed by atoms with van der Waals surface area (Å²) < 4.78 is 6.03. The molecule has 8 rings (SSSR count). The zero-order chi connectivity index (χ0) is 18.1. The second-order valence-corrected chi connectivity index (χ2v) is 9.89. The van der Waals surface area contributed by atoms with Gasteiger partial charge in [0.2, 0.25) is 0 Å². The predicted molar refractivity (Wildman–Crippen MR) is 97.1 cm³/mol. The van der Waals surface area contributed by atoms with E-state index in [1.807, 2.05) is 12.1 Å². The molecule has 8 unspecified atom stereocenters. The van der Waals surface area contributed by atoms with Crippen molar-refractivity contribution in [2.24, 2.45) is 46.8 Å². The molecule has 5 nitrogen and oxygen atoms in total. The van der Waals surface area contributed by atoms with Gasteiger partial charge in [0.15, 0.2) is 0 Å². The van der Waals surface area contributed by atoms with E-state index >= 15 is 0 Å². The number of pyridine rings is 1. The van der Waals surface area contributed by atoms with Crippen LogP contribution < -0.4 is 4.90 Å². The number of hydrogen-bond acceptors (Lipinski definition) is 5. The molecule has 0 N–H and O–H groups in total. The molecule has 0 amide bonds. The van der Waals surface area contributed by atoms with Crippen LogP contribution in [-0.4, -0.2) is 35.9 Å². The number of esters is 1. The highest BCUT2D eigenvalue weighted by molar-refractivity contribution is 6.30. The molecular formula is C21H21ClN2O3. The van der Waals surface area contributed by atoms with Crippen LogP contribution in [0.2, 0.25) is 5.02 Å². The van der Waals surface area contributed by atoms with E-state index in [9.17, 15) is 9.59 Å². The minimum absolute atomic E-state index is 0.0205. The van der Waals surface area contributed by atoms with E-state index in [-0.39, 0.29) is 29.3 Å². The number of halogens is 1. The van der Waals surface area contributed by atoms with Gasteiger partial charge in [-0.1, -0.05) is 11.6 Å². The van der Waals surface area contributed by atoms with Crippen molar-refractivity contribution in [2.45, 2.75) is 25.4 Å². The Morgan fingerprint density at radius 3 is 2.74 bits per heavy atom. The third-order valence-corrected chi connectivity index (χ3v) is 9.19. The molecule has 6 aliphatic carbocycles. The molecule has 1 saturated heterocycles. The largest absolute Gasteiger partial charge is 0.462 e. The van der Waals surface area contributed by atoms with Crippen molar-refractivity contribution in [1.82, 2.24) is 4.98 Å². The normalized spacial score (nSPS) is 48.0. The molecule has 27 heavy (non-hydrogen) atoms. The summed E-state index contributed by atoms with van der Waals surface area (Å²) in [5, 5.41) is 0.637. The molecular weight excluding hydrogens is 364 g/mol. The number of hydrogen-bond donors (Lipinski definition) is 0. The predicted octanol–water partition coefficient (Wildman–Crippen LogP) is 2.57.